The van der Waals surface area contributed by atoms with Crippen molar-refractivity contribution in [1.29, 1.82) is 0 Å². The van der Waals surface area contributed by atoms with E-state index in [2.05, 4.69) is 33.1 Å². The second-order valence-electron chi connectivity index (χ2n) is 5.81. The van der Waals surface area contributed by atoms with Crippen LogP contribution in [0.2, 0.25) is 10.0 Å². The SMILES string of the molecule is O=C(N/N=C\c1ccc(OCc2ccc(Cl)cc2)c(I)c1)c1ccc(Cl)cc1. The summed E-state index contributed by atoms with van der Waals surface area (Å²) < 4.78 is 6.80. The quantitative estimate of drug-likeness (QED) is 0.246. The fraction of sp³-hybridized carbons (Fsp3) is 0.0476. The fourth-order valence-electron chi connectivity index (χ4n) is 2.29. The maximum absolute atomic E-state index is 12.0. The standard InChI is InChI=1S/C21H15Cl2IN2O2/c22-17-6-1-14(2-7-17)13-28-20-10-3-15(11-19(20)24)12-25-26-21(27)16-4-8-18(23)9-5-16/h1-12H,13H2,(H,26,27)/b25-12-. The number of ether oxygens (including phenoxy) is 1. The maximum Gasteiger partial charge on any atom is 0.271 e. The van der Waals surface area contributed by atoms with Gasteiger partial charge < -0.3 is 4.74 Å². The highest BCUT2D eigenvalue weighted by Crippen LogP contribution is 2.23. The Morgan fingerprint density at radius 1 is 1.00 bits per heavy atom. The number of halogens is 3. The summed E-state index contributed by atoms with van der Waals surface area (Å²) in [6.07, 6.45) is 1.58. The normalized spacial score (nSPS) is 10.8. The van der Waals surface area contributed by atoms with Crippen LogP contribution in [0.25, 0.3) is 0 Å². The van der Waals surface area contributed by atoms with Crippen molar-refractivity contribution in [3.8, 4) is 5.75 Å². The number of carbonyl (C=O) groups is 1. The van der Waals surface area contributed by atoms with Crippen molar-refractivity contribution in [2.75, 3.05) is 0 Å². The van der Waals surface area contributed by atoms with Gasteiger partial charge in [0, 0.05) is 15.6 Å². The lowest BCUT2D eigenvalue weighted by molar-refractivity contribution is 0.0955. The number of rotatable bonds is 6. The first-order valence-corrected chi connectivity index (χ1v) is 10.1. The Morgan fingerprint density at radius 3 is 2.29 bits per heavy atom. The van der Waals surface area contributed by atoms with Crippen LogP contribution in [-0.4, -0.2) is 12.1 Å². The highest BCUT2D eigenvalue weighted by molar-refractivity contribution is 14.1. The lowest BCUT2D eigenvalue weighted by atomic mass is 10.2. The van der Waals surface area contributed by atoms with Gasteiger partial charge in [0.15, 0.2) is 0 Å². The third-order valence-electron chi connectivity index (χ3n) is 3.75. The monoisotopic (exact) mass is 524 g/mol. The molecule has 0 fully saturated rings. The van der Waals surface area contributed by atoms with E-state index < -0.39 is 0 Å². The Morgan fingerprint density at radius 2 is 1.64 bits per heavy atom. The minimum absolute atomic E-state index is 0.300. The van der Waals surface area contributed by atoms with Crippen molar-refractivity contribution in [1.82, 2.24) is 5.43 Å². The molecule has 0 spiro atoms. The predicted molar refractivity (Wildman–Crippen MR) is 121 cm³/mol. The van der Waals surface area contributed by atoms with E-state index in [1.165, 1.54) is 0 Å². The molecule has 1 amide bonds. The maximum atomic E-state index is 12.0. The second-order valence-corrected chi connectivity index (χ2v) is 7.85. The number of hydrogen-bond donors (Lipinski definition) is 1. The Hall–Kier alpha value is -2.09. The van der Waals surface area contributed by atoms with E-state index in [9.17, 15) is 4.79 Å². The lowest BCUT2D eigenvalue weighted by Crippen LogP contribution is -2.17. The van der Waals surface area contributed by atoms with E-state index in [1.54, 1.807) is 30.5 Å². The summed E-state index contributed by atoms with van der Waals surface area (Å²) in [5, 5.41) is 5.27. The van der Waals surface area contributed by atoms with Crippen LogP contribution in [0.4, 0.5) is 0 Å². The van der Waals surface area contributed by atoms with E-state index in [1.807, 2.05) is 42.5 Å². The zero-order valence-electron chi connectivity index (χ0n) is 14.5. The molecule has 0 bridgehead atoms. The number of hydrazone groups is 1. The summed E-state index contributed by atoms with van der Waals surface area (Å²) >= 11 is 13.9. The molecule has 7 heteroatoms. The van der Waals surface area contributed by atoms with E-state index in [0.717, 1.165) is 20.4 Å². The van der Waals surface area contributed by atoms with Crippen molar-refractivity contribution in [2.24, 2.45) is 5.10 Å². The number of carbonyl (C=O) groups excluding carboxylic acids is 1. The second kappa shape index (κ2) is 9.91. The molecule has 0 saturated carbocycles. The predicted octanol–water partition coefficient (Wildman–Crippen LogP) is 5.94. The van der Waals surface area contributed by atoms with Gasteiger partial charge in [-0.05, 0) is 88.3 Å². The molecule has 0 heterocycles. The highest BCUT2D eigenvalue weighted by Gasteiger charge is 2.05. The summed E-state index contributed by atoms with van der Waals surface area (Å²) in [6.45, 7) is 0.456. The first-order valence-electron chi connectivity index (χ1n) is 8.27. The molecule has 0 radical (unpaired) electrons. The molecule has 0 aliphatic rings. The zero-order valence-corrected chi connectivity index (χ0v) is 18.2. The van der Waals surface area contributed by atoms with Crippen molar-refractivity contribution in [3.63, 3.8) is 0 Å². The van der Waals surface area contributed by atoms with Gasteiger partial charge in [0.2, 0.25) is 0 Å². The molecule has 1 N–H and O–H groups in total. The molecule has 3 aromatic carbocycles. The molecule has 28 heavy (non-hydrogen) atoms. The molecule has 3 rings (SSSR count). The number of nitrogens with one attached hydrogen (secondary N) is 1. The Bertz CT molecular complexity index is 990. The summed E-state index contributed by atoms with van der Waals surface area (Å²) in [4.78, 5) is 12.0. The highest BCUT2D eigenvalue weighted by atomic mass is 127. The Balaban J connectivity index is 1.57. The van der Waals surface area contributed by atoms with Gasteiger partial charge in [0.1, 0.15) is 12.4 Å². The summed E-state index contributed by atoms with van der Waals surface area (Å²) in [5.74, 6) is 0.475. The van der Waals surface area contributed by atoms with E-state index >= 15 is 0 Å². The van der Waals surface area contributed by atoms with E-state index in [-0.39, 0.29) is 5.91 Å². The molecule has 0 saturated heterocycles. The Kier molecular flexibility index (Phi) is 7.30. The van der Waals surface area contributed by atoms with Crippen LogP contribution in [-0.2, 0) is 6.61 Å². The largest absolute Gasteiger partial charge is 0.488 e. The van der Waals surface area contributed by atoms with Crippen LogP contribution in [0.3, 0.4) is 0 Å². The van der Waals surface area contributed by atoms with Gasteiger partial charge in [-0.3, -0.25) is 4.79 Å². The molecule has 3 aromatic rings. The van der Waals surface area contributed by atoms with Crippen LogP contribution >= 0.6 is 45.8 Å². The number of hydrogen-bond acceptors (Lipinski definition) is 3. The first kappa shape index (κ1) is 20.6. The molecule has 0 aliphatic carbocycles. The van der Waals surface area contributed by atoms with Gasteiger partial charge in [-0.1, -0.05) is 35.3 Å². The van der Waals surface area contributed by atoms with Crippen molar-refractivity contribution < 1.29 is 9.53 Å². The third kappa shape index (κ3) is 5.95. The van der Waals surface area contributed by atoms with Gasteiger partial charge >= 0.3 is 0 Å². The molecule has 0 aromatic heterocycles. The van der Waals surface area contributed by atoms with Crippen molar-refractivity contribution in [3.05, 3.63) is 97.0 Å². The number of benzene rings is 3. The van der Waals surface area contributed by atoms with E-state index in [0.29, 0.717) is 22.2 Å². The van der Waals surface area contributed by atoms with Gasteiger partial charge in [-0.15, -0.1) is 0 Å². The summed E-state index contributed by atoms with van der Waals surface area (Å²) in [5.41, 5.74) is 4.87. The van der Waals surface area contributed by atoms with Crippen LogP contribution in [0.15, 0.2) is 71.8 Å². The average Bonchev–Trinajstić information content (AvgIpc) is 2.69. The fourth-order valence-corrected chi connectivity index (χ4v) is 3.23. The molecule has 0 atom stereocenters. The van der Waals surface area contributed by atoms with Crippen molar-refractivity contribution >= 4 is 57.9 Å². The topological polar surface area (TPSA) is 50.7 Å². The molecule has 142 valence electrons. The first-order chi connectivity index (χ1) is 13.5. The number of amides is 1. The summed E-state index contributed by atoms with van der Waals surface area (Å²) in [7, 11) is 0. The summed E-state index contributed by atoms with van der Waals surface area (Å²) in [6, 6.07) is 19.8. The molecule has 0 unspecified atom stereocenters. The van der Waals surface area contributed by atoms with Crippen LogP contribution in [0.1, 0.15) is 21.5 Å². The van der Waals surface area contributed by atoms with Gasteiger partial charge in [-0.25, -0.2) is 5.43 Å². The zero-order chi connectivity index (χ0) is 19.9. The molecular formula is C21H15Cl2IN2O2. The Labute approximate surface area is 186 Å². The molecular weight excluding hydrogens is 510 g/mol. The smallest absolute Gasteiger partial charge is 0.271 e. The van der Waals surface area contributed by atoms with Crippen LogP contribution in [0.5, 0.6) is 5.75 Å². The molecule has 4 nitrogen and oxygen atoms in total. The van der Waals surface area contributed by atoms with Crippen LogP contribution < -0.4 is 10.2 Å². The minimum atomic E-state index is -0.300. The van der Waals surface area contributed by atoms with Gasteiger partial charge in [0.25, 0.3) is 5.91 Å². The van der Waals surface area contributed by atoms with E-state index in [4.69, 9.17) is 27.9 Å². The minimum Gasteiger partial charge on any atom is -0.488 e. The number of nitrogens with zero attached hydrogens (tertiary/aromatic N) is 1. The van der Waals surface area contributed by atoms with Gasteiger partial charge in [-0.2, -0.15) is 5.10 Å². The third-order valence-corrected chi connectivity index (χ3v) is 5.10. The average molecular weight is 525 g/mol. The van der Waals surface area contributed by atoms with Gasteiger partial charge in [0.05, 0.1) is 9.78 Å². The molecule has 0 aliphatic heterocycles. The lowest BCUT2D eigenvalue weighted by Gasteiger charge is -2.09. The van der Waals surface area contributed by atoms with Crippen molar-refractivity contribution in [2.45, 2.75) is 6.61 Å². The van der Waals surface area contributed by atoms with Crippen LogP contribution in [0, 0.1) is 3.57 Å².